The summed E-state index contributed by atoms with van der Waals surface area (Å²) in [6, 6.07) is 22.0. The van der Waals surface area contributed by atoms with Crippen LogP contribution in [0.25, 0.3) is 0 Å². The topological polar surface area (TPSA) is 93.1 Å². The number of aliphatic hydroxyl groups excluding tert-OH is 1. The van der Waals surface area contributed by atoms with Crippen molar-refractivity contribution >= 4 is 23.3 Å². The van der Waals surface area contributed by atoms with Gasteiger partial charge in [-0.25, -0.2) is 0 Å². The first-order valence-electron chi connectivity index (χ1n) is 11.1. The van der Waals surface area contributed by atoms with Crippen LogP contribution < -0.4 is 14.4 Å². The predicted molar refractivity (Wildman–Crippen MR) is 130 cm³/mol. The molecule has 1 aliphatic rings. The summed E-state index contributed by atoms with van der Waals surface area (Å²) in [6.07, 6.45) is 0.612. The number of rotatable bonds is 8. The van der Waals surface area contributed by atoms with E-state index in [0.717, 1.165) is 5.56 Å². The minimum Gasteiger partial charge on any atom is -0.503 e. The number of nitrogens with zero attached hydrogens (tertiary/aromatic N) is 1. The molecule has 1 N–H and O–H groups in total. The summed E-state index contributed by atoms with van der Waals surface area (Å²) < 4.78 is 10.3. The number of aliphatic hydroxyl groups is 1. The third-order valence-corrected chi connectivity index (χ3v) is 5.80. The number of methoxy groups -OCH3 is 1. The Hall–Kier alpha value is -4.39. The summed E-state index contributed by atoms with van der Waals surface area (Å²) in [4.78, 5) is 39.3. The molecule has 1 atom stereocenters. The van der Waals surface area contributed by atoms with Gasteiger partial charge in [-0.1, -0.05) is 42.5 Å². The molecule has 7 nitrogen and oxygen atoms in total. The van der Waals surface area contributed by atoms with Gasteiger partial charge in [0.25, 0.3) is 5.91 Å². The summed E-state index contributed by atoms with van der Waals surface area (Å²) in [5, 5.41) is 10.8. The summed E-state index contributed by atoms with van der Waals surface area (Å²) in [5.41, 5.74) is 2.13. The molecule has 178 valence electrons. The smallest absolute Gasteiger partial charge is 0.308 e. The van der Waals surface area contributed by atoms with Gasteiger partial charge in [0.15, 0.2) is 11.5 Å². The van der Waals surface area contributed by atoms with Gasteiger partial charge in [0.05, 0.1) is 18.7 Å². The molecule has 1 aliphatic heterocycles. The van der Waals surface area contributed by atoms with E-state index in [4.69, 9.17) is 9.47 Å². The lowest BCUT2D eigenvalue weighted by Crippen LogP contribution is -2.31. The van der Waals surface area contributed by atoms with E-state index in [2.05, 4.69) is 0 Å². The molecular weight excluding hydrogens is 446 g/mol. The number of carbonyl (C=O) groups is 3. The van der Waals surface area contributed by atoms with Gasteiger partial charge in [0, 0.05) is 19.0 Å². The number of hydrogen-bond acceptors (Lipinski definition) is 6. The second kappa shape index (κ2) is 10.3. The van der Waals surface area contributed by atoms with Gasteiger partial charge in [-0.15, -0.1) is 0 Å². The van der Waals surface area contributed by atoms with E-state index in [1.165, 1.54) is 11.8 Å². The number of Topliss-reactive ketones (excluding diaryl/α,β-unsaturated/α-hetero) is 1. The van der Waals surface area contributed by atoms with Gasteiger partial charge in [0.2, 0.25) is 0 Å². The summed E-state index contributed by atoms with van der Waals surface area (Å²) in [5.74, 6) is -1.04. The highest BCUT2D eigenvalue weighted by Crippen LogP contribution is 2.42. The molecule has 1 unspecified atom stereocenters. The van der Waals surface area contributed by atoms with Crippen LogP contribution in [-0.4, -0.2) is 29.9 Å². The van der Waals surface area contributed by atoms with Crippen LogP contribution in [0.15, 0.2) is 90.2 Å². The molecule has 0 bridgehead atoms. The van der Waals surface area contributed by atoms with Crippen molar-refractivity contribution in [3.8, 4) is 11.5 Å². The second-order valence-electron chi connectivity index (χ2n) is 8.11. The number of aryl methyl sites for hydroxylation is 1. The van der Waals surface area contributed by atoms with E-state index >= 15 is 0 Å². The van der Waals surface area contributed by atoms with Crippen molar-refractivity contribution in [2.75, 3.05) is 12.0 Å². The molecule has 4 rings (SSSR count). The monoisotopic (exact) mass is 471 g/mol. The van der Waals surface area contributed by atoms with Gasteiger partial charge >= 0.3 is 5.97 Å². The fraction of sp³-hybridized carbons (Fsp3) is 0.179. The molecule has 0 aromatic heterocycles. The fourth-order valence-electron chi connectivity index (χ4n) is 4.14. The van der Waals surface area contributed by atoms with Crippen LogP contribution in [0.5, 0.6) is 11.5 Å². The van der Waals surface area contributed by atoms with Gasteiger partial charge < -0.3 is 14.6 Å². The minimum absolute atomic E-state index is 0.0435. The first-order valence-corrected chi connectivity index (χ1v) is 11.1. The normalized spacial score (nSPS) is 15.3. The predicted octanol–water partition coefficient (Wildman–Crippen LogP) is 4.72. The van der Waals surface area contributed by atoms with Crippen LogP contribution in [0.2, 0.25) is 0 Å². The number of hydrogen-bond donors (Lipinski definition) is 1. The molecule has 0 aliphatic carbocycles. The van der Waals surface area contributed by atoms with Crippen molar-refractivity contribution in [2.24, 2.45) is 0 Å². The van der Waals surface area contributed by atoms with Crippen LogP contribution in [0.1, 0.15) is 30.5 Å². The van der Waals surface area contributed by atoms with E-state index in [0.29, 0.717) is 29.2 Å². The summed E-state index contributed by atoms with van der Waals surface area (Å²) in [6.45, 7) is 1.30. The Morgan fingerprint density at radius 3 is 2.14 bits per heavy atom. The Bertz CT molecular complexity index is 1260. The second-order valence-corrected chi connectivity index (χ2v) is 8.11. The Kier molecular flexibility index (Phi) is 6.96. The average molecular weight is 472 g/mol. The van der Waals surface area contributed by atoms with Crippen molar-refractivity contribution in [2.45, 2.75) is 25.8 Å². The molecule has 1 heterocycles. The van der Waals surface area contributed by atoms with Crippen LogP contribution in [-0.2, 0) is 20.8 Å². The van der Waals surface area contributed by atoms with Crippen molar-refractivity contribution in [3.05, 3.63) is 101 Å². The van der Waals surface area contributed by atoms with E-state index < -0.39 is 23.7 Å². The number of esters is 1. The summed E-state index contributed by atoms with van der Waals surface area (Å²) >= 11 is 0. The molecule has 0 radical (unpaired) electrons. The van der Waals surface area contributed by atoms with E-state index in [-0.39, 0.29) is 17.8 Å². The highest BCUT2D eigenvalue weighted by Gasteiger charge is 2.44. The lowest BCUT2D eigenvalue weighted by molar-refractivity contribution is -0.131. The van der Waals surface area contributed by atoms with Crippen molar-refractivity contribution in [1.82, 2.24) is 0 Å². The molecule has 3 aromatic carbocycles. The lowest BCUT2D eigenvalue weighted by Gasteiger charge is -2.27. The quantitative estimate of drug-likeness (QED) is 0.377. The third kappa shape index (κ3) is 5.09. The number of amides is 1. The van der Waals surface area contributed by atoms with Crippen molar-refractivity contribution in [1.29, 1.82) is 0 Å². The average Bonchev–Trinajstić information content (AvgIpc) is 3.13. The molecule has 0 saturated carbocycles. The van der Waals surface area contributed by atoms with Gasteiger partial charge in [-0.2, -0.15) is 0 Å². The van der Waals surface area contributed by atoms with Gasteiger partial charge in [0.1, 0.15) is 11.5 Å². The minimum atomic E-state index is -0.842. The molecule has 3 aromatic rings. The molecule has 35 heavy (non-hydrogen) atoms. The van der Waals surface area contributed by atoms with Gasteiger partial charge in [-0.05, 0) is 53.9 Å². The molecular formula is C28H25NO6. The lowest BCUT2D eigenvalue weighted by atomic mass is 9.93. The highest BCUT2D eigenvalue weighted by molar-refractivity contribution is 6.16. The zero-order valence-electron chi connectivity index (χ0n) is 19.4. The van der Waals surface area contributed by atoms with Crippen LogP contribution in [0.4, 0.5) is 5.69 Å². The first kappa shape index (κ1) is 23.8. The first-order chi connectivity index (χ1) is 16.9. The fourth-order valence-corrected chi connectivity index (χ4v) is 4.14. The maximum atomic E-state index is 13.4. The Morgan fingerprint density at radius 2 is 1.54 bits per heavy atom. The van der Waals surface area contributed by atoms with Crippen LogP contribution in [0.3, 0.4) is 0 Å². The third-order valence-electron chi connectivity index (χ3n) is 5.80. The molecule has 1 amide bonds. The Balaban J connectivity index is 1.71. The maximum absolute atomic E-state index is 13.4. The molecule has 0 saturated heterocycles. The SMILES string of the molecule is COc1ccc(N2C(=O)C(O)=C(C(=O)CCc3ccccc3)C2c2ccc(OC(C)=O)cc2)cc1. The van der Waals surface area contributed by atoms with Crippen molar-refractivity contribution < 1.29 is 29.0 Å². The zero-order chi connectivity index (χ0) is 24.9. The zero-order valence-corrected chi connectivity index (χ0v) is 19.4. The highest BCUT2D eigenvalue weighted by atomic mass is 16.5. The van der Waals surface area contributed by atoms with Gasteiger partial charge in [-0.3, -0.25) is 19.3 Å². The Morgan fingerprint density at radius 1 is 0.914 bits per heavy atom. The molecule has 0 spiro atoms. The van der Waals surface area contributed by atoms with E-state index in [9.17, 15) is 19.5 Å². The molecule has 7 heteroatoms. The van der Waals surface area contributed by atoms with Crippen LogP contribution in [0, 0.1) is 0 Å². The largest absolute Gasteiger partial charge is 0.503 e. The van der Waals surface area contributed by atoms with E-state index in [1.807, 2.05) is 30.3 Å². The maximum Gasteiger partial charge on any atom is 0.308 e. The number of anilines is 1. The number of carbonyl (C=O) groups excluding carboxylic acids is 3. The number of benzene rings is 3. The van der Waals surface area contributed by atoms with Crippen molar-refractivity contribution in [3.63, 3.8) is 0 Å². The number of ketones is 1. The van der Waals surface area contributed by atoms with Crippen LogP contribution >= 0.6 is 0 Å². The standard InChI is InChI=1S/C28H25NO6/c1-18(30)35-23-13-9-20(10-14-23)26-25(24(31)17-8-19-6-4-3-5-7-19)27(32)28(33)29(26)21-11-15-22(34-2)16-12-21/h3-7,9-16,26,32H,8,17H2,1-2H3. The summed E-state index contributed by atoms with van der Waals surface area (Å²) in [7, 11) is 1.54. The number of ether oxygens (including phenoxy) is 2. The van der Waals surface area contributed by atoms with E-state index in [1.54, 1.807) is 55.6 Å². The molecule has 0 fully saturated rings. The Labute approximate surface area is 203 Å².